The Labute approximate surface area is 146 Å². The Kier molecular flexibility index (Phi) is 5.41. The fraction of sp³-hybridized carbons (Fsp3) is 0.471. The molecule has 0 saturated carbocycles. The smallest absolute Gasteiger partial charge is 0.271 e. The van der Waals surface area contributed by atoms with Gasteiger partial charge in [-0.3, -0.25) is 9.35 Å². The fourth-order valence-electron chi connectivity index (χ4n) is 3.02. The van der Waals surface area contributed by atoms with Crippen LogP contribution in [0.2, 0.25) is 0 Å². The summed E-state index contributed by atoms with van der Waals surface area (Å²) >= 11 is 0. The number of carbonyl (C=O) groups is 1. The van der Waals surface area contributed by atoms with E-state index >= 15 is 0 Å². The van der Waals surface area contributed by atoms with Crippen molar-refractivity contribution >= 4 is 22.0 Å². The lowest BCUT2D eigenvalue weighted by atomic mass is 9.91. The molecule has 0 aromatic heterocycles. The van der Waals surface area contributed by atoms with Gasteiger partial charge in [0.05, 0.1) is 0 Å². The molecule has 0 amide bonds. The molecule has 2 N–H and O–H groups in total. The minimum Gasteiger partial charge on any atom is -0.454 e. The Bertz CT molecular complexity index is 767. The first-order valence-electron chi connectivity index (χ1n) is 8.21. The topological polar surface area (TPSA) is 102 Å². The zero-order valence-corrected chi connectivity index (χ0v) is 14.5. The van der Waals surface area contributed by atoms with Crippen LogP contribution in [0.4, 0.5) is 0 Å². The van der Waals surface area contributed by atoms with Gasteiger partial charge in [0.1, 0.15) is 11.0 Å². The molecule has 2 aliphatic heterocycles. The predicted molar refractivity (Wildman–Crippen MR) is 92.2 cm³/mol. The van der Waals surface area contributed by atoms with Crippen LogP contribution in [0.3, 0.4) is 0 Å². The van der Waals surface area contributed by atoms with E-state index in [-0.39, 0.29) is 24.9 Å². The SMILES string of the molecule is O=C(CC(C=Cc1ccc2c(c1)OCO2)S(=O)(=O)O)C1CCNCC1. The minimum absolute atomic E-state index is 0.125. The number of Topliss-reactive ketones (excluding diaryl/α,β-unsaturated/α-hetero) is 1. The minimum atomic E-state index is -4.36. The second-order valence-electron chi connectivity index (χ2n) is 6.22. The predicted octanol–water partition coefficient (Wildman–Crippen LogP) is 1.64. The molecule has 1 atom stereocenters. The maximum absolute atomic E-state index is 12.3. The van der Waals surface area contributed by atoms with Crippen molar-refractivity contribution in [2.45, 2.75) is 24.5 Å². The van der Waals surface area contributed by atoms with E-state index in [1.807, 2.05) is 0 Å². The highest BCUT2D eigenvalue weighted by molar-refractivity contribution is 7.86. The van der Waals surface area contributed by atoms with E-state index in [9.17, 15) is 17.8 Å². The molecular formula is C17H21NO6S. The summed E-state index contributed by atoms with van der Waals surface area (Å²) in [4.78, 5) is 12.3. The van der Waals surface area contributed by atoms with Gasteiger partial charge in [-0.25, -0.2) is 0 Å². The Hall–Kier alpha value is -1.90. The van der Waals surface area contributed by atoms with E-state index in [1.54, 1.807) is 24.3 Å². The van der Waals surface area contributed by atoms with Crippen molar-refractivity contribution in [3.63, 3.8) is 0 Å². The van der Waals surface area contributed by atoms with Crippen molar-refractivity contribution in [3.05, 3.63) is 29.8 Å². The van der Waals surface area contributed by atoms with Gasteiger partial charge in [-0.1, -0.05) is 18.2 Å². The van der Waals surface area contributed by atoms with Gasteiger partial charge < -0.3 is 14.8 Å². The molecule has 0 radical (unpaired) electrons. The van der Waals surface area contributed by atoms with Crippen LogP contribution in [-0.2, 0) is 14.9 Å². The summed E-state index contributed by atoms with van der Waals surface area (Å²) in [6, 6.07) is 5.19. The molecule has 1 fully saturated rings. The lowest BCUT2D eigenvalue weighted by Gasteiger charge is -2.22. The zero-order chi connectivity index (χ0) is 17.9. The molecule has 1 saturated heterocycles. The first kappa shape index (κ1) is 17.9. The number of hydrogen-bond donors (Lipinski definition) is 2. The Morgan fingerprint density at radius 2 is 2.00 bits per heavy atom. The Balaban J connectivity index is 1.71. The fourth-order valence-corrected chi connectivity index (χ4v) is 3.67. The normalized spacial score (nSPS) is 19.2. The molecule has 25 heavy (non-hydrogen) atoms. The number of hydrogen-bond acceptors (Lipinski definition) is 6. The van der Waals surface area contributed by atoms with Gasteiger partial charge >= 0.3 is 0 Å². The quantitative estimate of drug-likeness (QED) is 0.737. The van der Waals surface area contributed by atoms with Crippen LogP contribution in [0.5, 0.6) is 11.5 Å². The van der Waals surface area contributed by atoms with E-state index in [0.717, 1.165) is 13.1 Å². The van der Waals surface area contributed by atoms with Crippen molar-refractivity contribution in [3.8, 4) is 11.5 Å². The molecule has 3 rings (SSSR count). The van der Waals surface area contributed by atoms with Gasteiger partial charge in [-0.15, -0.1) is 0 Å². The summed E-state index contributed by atoms with van der Waals surface area (Å²) in [6.45, 7) is 1.65. The van der Waals surface area contributed by atoms with Crippen LogP contribution in [0.1, 0.15) is 24.8 Å². The first-order valence-corrected chi connectivity index (χ1v) is 9.71. The number of benzene rings is 1. The van der Waals surface area contributed by atoms with E-state index in [1.165, 1.54) is 6.08 Å². The maximum Gasteiger partial charge on any atom is 0.271 e. The third kappa shape index (κ3) is 4.59. The number of fused-ring (bicyclic) bond motifs is 1. The lowest BCUT2D eigenvalue weighted by Crippen LogP contribution is -2.34. The van der Waals surface area contributed by atoms with Crippen molar-refractivity contribution in [2.75, 3.05) is 19.9 Å². The molecule has 2 aliphatic rings. The Morgan fingerprint density at radius 1 is 1.28 bits per heavy atom. The zero-order valence-electron chi connectivity index (χ0n) is 13.7. The van der Waals surface area contributed by atoms with Gasteiger partial charge in [-0.2, -0.15) is 8.42 Å². The van der Waals surface area contributed by atoms with E-state index < -0.39 is 15.4 Å². The van der Waals surface area contributed by atoms with Crippen LogP contribution >= 0.6 is 0 Å². The number of nitrogens with one attached hydrogen (secondary N) is 1. The highest BCUT2D eigenvalue weighted by Gasteiger charge is 2.28. The van der Waals surface area contributed by atoms with E-state index in [0.29, 0.717) is 29.9 Å². The lowest BCUT2D eigenvalue weighted by molar-refractivity contribution is -0.123. The molecule has 1 aromatic carbocycles. The summed E-state index contributed by atoms with van der Waals surface area (Å²) < 4.78 is 43.3. The molecule has 136 valence electrons. The van der Waals surface area contributed by atoms with E-state index in [2.05, 4.69) is 5.32 Å². The molecule has 1 unspecified atom stereocenters. The Morgan fingerprint density at radius 3 is 2.72 bits per heavy atom. The highest BCUT2D eigenvalue weighted by atomic mass is 32.2. The summed E-state index contributed by atoms with van der Waals surface area (Å²) in [5, 5.41) is 1.91. The molecule has 8 heteroatoms. The molecule has 0 aliphatic carbocycles. The van der Waals surface area contributed by atoms with Crippen LogP contribution in [0, 0.1) is 5.92 Å². The van der Waals surface area contributed by atoms with Crippen molar-refractivity contribution < 1.29 is 27.2 Å². The number of ether oxygens (including phenoxy) is 2. The second-order valence-corrected chi connectivity index (χ2v) is 7.86. The van der Waals surface area contributed by atoms with Gasteiger partial charge in [0.2, 0.25) is 6.79 Å². The van der Waals surface area contributed by atoms with Crippen molar-refractivity contribution in [1.82, 2.24) is 5.32 Å². The summed E-state index contributed by atoms with van der Waals surface area (Å²) in [7, 11) is -4.36. The van der Waals surface area contributed by atoms with Crippen LogP contribution < -0.4 is 14.8 Å². The van der Waals surface area contributed by atoms with Crippen LogP contribution in [0.15, 0.2) is 24.3 Å². The maximum atomic E-state index is 12.3. The average molecular weight is 367 g/mol. The monoisotopic (exact) mass is 367 g/mol. The molecule has 1 aromatic rings. The summed E-state index contributed by atoms with van der Waals surface area (Å²) in [5.74, 6) is 0.935. The van der Waals surface area contributed by atoms with Gasteiger partial charge in [0, 0.05) is 12.3 Å². The average Bonchev–Trinajstić information content (AvgIpc) is 3.06. The number of piperidine rings is 1. The summed E-state index contributed by atoms with van der Waals surface area (Å²) in [6.07, 6.45) is 4.10. The second kappa shape index (κ2) is 7.55. The standard InChI is InChI=1S/C17H21NO6S/c19-15(13-5-7-18-8-6-13)10-14(25(20,21)22)3-1-12-2-4-16-17(9-12)24-11-23-16/h1-4,9,13-14,18H,5-8,10-11H2,(H,20,21,22). The molecule has 0 bridgehead atoms. The third-order valence-electron chi connectivity index (χ3n) is 4.48. The van der Waals surface area contributed by atoms with Gasteiger partial charge in [0.15, 0.2) is 11.5 Å². The van der Waals surface area contributed by atoms with Crippen LogP contribution in [0.25, 0.3) is 6.08 Å². The first-order chi connectivity index (χ1) is 11.9. The molecule has 2 heterocycles. The van der Waals surface area contributed by atoms with E-state index in [4.69, 9.17) is 9.47 Å². The molecule has 7 nitrogen and oxygen atoms in total. The third-order valence-corrected chi connectivity index (χ3v) is 5.57. The summed E-state index contributed by atoms with van der Waals surface area (Å²) in [5.41, 5.74) is 0.701. The van der Waals surface area contributed by atoms with Gasteiger partial charge in [-0.05, 0) is 43.6 Å². The van der Waals surface area contributed by atoms with Crippen molar-refractivity contribution in [2.24, 2.45) is 5.92 Å². The molecule has 0 spiro atoms. The van der Waals surface area contributed by atoms with Crippen LogP contribution in [-0.4, -0.2) is 43.9 Å². The van der Waals surface area contributed by atoms with Gasteiger partial charge in [0.25, 0.3) is 10.1 Å². The number of carbonyl (C=O) groups excluding carboxylic acids is 1. The number of rotatable bonds is 6. The highest BCUT2D eigenvalue weighted by Crippen LogP contribution is 2.33. The number of ketones is 1. The largest absolute Gasteiger partial charge is 0.454 e. The van der Waals surface area contributed by atoms with Crippen molar-refractivity contribution in [1.29, 1.82) is 0 Å². The molecular weight excluding hydrogens is 346 g/mol.